The van der Waals surface area contributed by atoms with Crippen molar-refractivity contribution in [3.05, 3.63) is 82.8 Å². The predicted octanol–water partition coefficient (Wildman–Crippen LogP) is 4.57. The van der Waals surface area contributed by atoms with E-state index in [-0.39, 0.29) is 18.6 Å². The van der Waals surface area contributed by atoms with E-state index in [1.54, 1.807) is 42.7 Å². The fourth-order valence-electron chi connectivity index (χ4n) is 3.32. The Morgan fingerprint density at radius 2 is 2.06 bits per heavy atom. The van der Waals surface area contributed by atoms with Crippen LogP contribution in [-0.4, -0.2) is 30.3 Å². The minimum absolute atomic E-state index is 0.253. The van der Waals surface area contributed by atoms with Crippen molar-refractivity contribution in [1.29, 1.82) is 5.26 Å². The van der Waals surface area contributed by atoms with Crippen LogP contribution in [0.1, 0.15) is 29.3 Å². The van der Waals surface area contributed by atoms with Gasteiger partial charge >= 0.3 is 0 Å². The van der Waals surface area contributed by atoms with Crippen LogP contribution in [0.3, 0.4) is 0 Å². The molecule has 0 saturated carbocycles. The minimum atomic E-state index is -0.375. The summed E-state index contributed by atoms with van der Waals surface area (Å²) in [6.07, 6.45) is 2.07. The number of nitrogens with zero attached hydrogens (tertiary/aromatic N) is 3. The molecule has 31 heavy (non-hydrogen) atoms. The Labute approximate surface area is 184 Å². The van der Waals surface area contributed by atoms with Crippen molar-refractivity contribution >= 4 is 23.2 Å². The average Bonchev–Trinajstić information content (AvgIpc) is 3.48. The number of amides is 1. The zero-order valence-electron chi connectivity index (χ0n) is 16.6. The normalized spacial score (nSPS) is 15.3. The maximum atomic E-state index is 13.0. The number of ether oxygens (including phenoxy) is 2. The molecule has 0 fully saturated rings. The molecular weight excluding hydrogens is 418 g/mol. The standard InChI is InChI=1S/C23H18ClN3O4/c1-29-22-11-15(13-25)4-9-21(22)31-14-23(28)27-19(20-3-2-10-30-20)12-18(26-27)16-5-7-17(24)8-6-16/h2-11,19H,12,14H2,1H3. The molecule has 4 rings (SSSR count). The van der Waals surface area contributed by atoms with E-state index in [2.05, 4.69) is 5.10 Å². The van der Waals surface area contributed by atoms with E-state index in [4.69, 9.17) is 30.8 Å². The summed E-state index contributed by atoms with van der Waals surface area (Å²) in [7, 11) is 1.47. The number of methoxy groups -OCH3 is 1. The highest BCUT2D eigenvalue weighted by molar-refractivity contribution is 6.30. The first-order valence-corrected chi connectivity index (χ1v) is 9.86. The summed E-state index contributed by atoms with van der Waals surface area (Å²) < 4.78 is 16.5. The Hall–Kier alpha value is -3.76. The van der Waals surface area contributed by atoms with Gasteiger partial charge in [-0.15, -0.1) is 0 Å². The van der Waals surface area contributed by atoms with Gasteiger partial charge in [-0.05, 0) is 42.0 Å². The van der Waals surface area contributed by atoms with Gasteiger partial charge in [0.05, 0.1) is 30.7 Å². The molecule has 3 aromatic rings. The molecule has 1 aliphatic heterocycles. The Morgan fingerprint density at radius 3 is 2.74 bits per heavy atom. The van der Waals surface area contributed by atoms with Gasteiger partial charge in [0.15, 0.2) is 18.1 Å². The van der Waals surface area contributed by atoms with Crippen LogP contribution in [0.4, 0.5) is 0 Å². The summed E-state index contributed by atoms with van der Waals surface area (Å²) in [5.74, 6) is 1.04. The van der Waals surface area contributed by atoms with E-state index in [1.165, 1.54) is 12.1 Å². The number of hydrazone groups is 1. The molecule has 1 unspecified atom stereocenters. The molecule has 0 aliphatic carbocycles. The zero-order chi connectivity index (χ0) is 21.8. The van der Waals surface area contributed by atoms with Crippen molar-refractivity contribution in [3.63, 3.8) is 0 Å². The minimum Gasteiger partial charge on any atom is -0.493 e. The van der Waals surface area contributed by atoms with Gasteiger partial charge in [-0.3, -0.25) is 4.79 Å². The van der Waals surface area contributed by atoms with Crippen LogP contribution in [0.25, 0.3) is 0 Å². The number of carbonyl (C=O) groups excluding carboxylic acids is 1. The Morgan fingerprint density at radius 1 is 1.26 bits per heavy atom. The largest absolute Gasteiger partial charge is 0.493 e. The highest BCUT2D eigenvalue weighted by Gasteiger charge is 2.35. The van der Waals surface area contributed by atoms with Gasteiger partial charge in [-0.2, -0.15) is 10.4 Å². The molecule has 156 valence electrons. The van der Waals surface area contributed by atoms with Crippen molar-refractivity contribution in [2.75, 3.05) is 13.7 Å². The monoisotopic (exact) mass is 435 g/mol. The number of benzene rings is 2. The van der Waals surface area contributed by atoms with Crippen LogP contribution in [0.15, 0.2) is 70.4 Å². The van der Waals surface area contributed by atoms with Crippen LogP contribution in [0.2, 0.25) is 5.02 Å². The lowest BCUT2D eigenvalue weighted by molar-refractivity contribution is -0.135. The molecule has 1 aliphatic rings. The smallest absolute Gasteiger partial charge is 0.281 e. The fraction of sp³-hybridized carbons (Fsp3) is 0.174. The Bertz CT molecular complexity index is 1150. The van der Waals surface area contributed by atoms with Crippen molar-refractivity contribution in [2.45, 2.75) is 12.5 Å². The van der Waals surface area contributed by atoms with Crippen molar-refractivity contribution < 1.29 is 18.7 Å². The topological polar surface area (TPSA) is 88.1 Å². The van der Waals surface area contributed by atoms with E-state index in [0.717, 1.165) is 11.3 Å². The van der Waals surface area contributed by atoms with Crippen LogP contribution in [0.5, 0.6) is 11.5 Å². The molecule has 7 nitrogen and oxygen atoms in total. The third-order valence-electron chi connectivity index (χ3n) is 4.86. The molecule has 0 N–H and O–H groups in total. The van der Waals surface area contributed by atoms with Gasteiger partial charge in [0.1, 0.15) is 11.8 Å². The first kappa shape index (κ1) is 20.5. The Kier molecular flexibility index (Phi) is 5.92. The molecule has 1 atom stereocenters. The van der Waals surface area contributed by atoms with E-state index in [0.29, 0.717) is 34.3 Å². The van der Waals surface area contributed by atoms with E-state index < -0.39 is 0 Å². The number of hydrogen-bond donors (Lipinski definition) is 0. The molecule has 0 saturated heterocycles. The lowest BCUT2D eigenvalue weighted by Crippen LogP contribution is -2.31. The van der Waals surface area contributed by atoms with Gasteiger partial charge < -0.3 is 13.9 Å². The number of hydrogen-bond acceptors (Lipinski definition) is 6. The third kappa shape index (κ3) is 4.39. The van der Waals surface area contributed by atoms with Gasteiger partial charge in [0, 0.05) is 17.5 Å². The van der Waals surface area contributed by atoms with E-state index in [9.17, 15) is 4.79 Å². The van der Waals surface area contributed by atoms with Crippen molar-refractivity contribution in [3.8, 4) is 17.6 Å². The summed E-state index contributed by atoms with van der Waals surface area (Å²) >= 11 is 5.99. The molecule has 1 aromatic heterocycles. The van der Waals surface area contributed by atoms with Crippen LogP contribution < -0.4 is 9.47 Å². The van der Waals surface area contributed by atoms with Crippen LogP contribution >= 0.6 is 11.6 Å². The highest BCUT2D eigenvalue weighted by atomic mass is 35.5. The van der Waals surface area contributed by atoms with Crippen LogP contribution in [-0.2, 0) is 4.79 Å². The second-order valence-corrected chi connectivity index (χ2v) is 7.23. The molecule has 0 radical (unpaired) electrons. The van der Waals surface area contributed by atoms with Gasteiger partial charge in [0.25, 0.3) is 5.91 Å². The maximum absolute atomic E-state index is 13.0. The quantitative estimate of drug-likeness (QED) is 0.566. The van der Waals surface area contributed by atoms with Gasteiger partial charge in [-0.25, -0.2) is 5.01 Å². The molecule has 1 amide bonds. The van der Waals surface area contributed by atoms with Crippen LogP contribution in [0, 0.1) is 11.3 Å². The Balaban J connectivity index is 1.55. The summed E-state index contributed by atoms with van der Waals surface area (Å²) in [6, 6.07) is 17.3. The van der Waals surface area contributed by atoms with E-state index in [1.807, 2.05) is 24.3 Å². The van der Waals surface area contributed by atoms with Gasteiger partial charge in [0.2, 0.25) is 0 Å². The highest BCUT2D eigenvalue weighted by Crippen LogP contribution is 2.34. The number of halogens is 1. The molecule has 2 aromatic carbocycles. The summed E-state index contributed by atoms with van der Waals surface area (Å²) in [4.78, 5) is 13.0. The first-order chi connectivity index (χ1) is 15.1. The molecule has 0 bridgehead atoms. The third-order valence-corrected chi connectivity index (χ3v) is 5.11. The SMILES string of the molecule is COc1cc(C#N)ccc1OCC(=O)N1N=C(c2ccc(Cl)cc2)CC1c1ccco1. The lowest BCUT2D eigenvalue weighted by atomic mass is 10.0. The average molecular weight is 436 g/mol. The lowest BCUT2D eigenvalue weighted by Gasteiger charge is -2.20. The molecule has 2 heterocycles. The zero-order valence-corrected chi connectivity index (χ0v) is 17.4. The van der Waals surface area contributed by atoms with Gasteiger partial charge in [-0.1, -0.05) is 23.7 Å². The first-order valence-electron chi connectivity index (χ1n) is 9.49. The van der Waals surface area contributed by atoms with Crippen molar-refractivity contribution in [1.82, 2.24) is 5.01 Å². The molecule has 0 spiro atoms. The second-order valence-electron chi connectivity index (χ2n) is 6.79. The van der Waals surface area contributed by atoms with Crippen molar-refractivity contribution in [2.24, 2.45) is 5.10 Å². The molecule has 8 heteroatoms. The number of rotatable bonds is 6. The number of carbonyl (C=O) groups is 1. The maximum Gasteiger partial charge on any atom is 0.281 e. The second kappa shape index (κ2) is 8.94. The molecular formula is C23H18ClN3O4. The predicted molar refractivity (Wildman–Crippen MR) is 114 cm³/mol. The summed E-state index contributed by atoms with van der Waals surface area (Å²) in [5.41, 5.74) is 2.07. The summed E-state index contributed by atoms with van der Waals surface area (Å²) in [5, 5.41) is 15.6. The summed E-state index contributed by atoms with van der Waals surface area (Å²) in [6.45, 7) is -0.253. The van der Waals surface area contributed by atoms with E-state index >= 15 is 0 Å². The number of nitriles is 1. The fourth-order valence-corrected chi connectivity index (χ4v) is 3.45. The number of furan rings is 1.